The number of ether oxygens (including phenoxy) is 1. The molecule has 2 N–H and O–H groups in total. The maximum Gasteiger partial charge on any atom is 0.340 e. The van der Waals surface area contributed by atoms with Crippen LogP contribution in [-0.4, -0.2) is 66.0 Å². The second-order valence-corrected chi connectivity index (χ2v) is 6.19. The van der Waals surface area contributed by atoms with Crippen molar-refractivity contribution < 1.29 is 19.4 Å². The molecule has 10 heteroatoms. The number of rotatable bonds is 7. The summed E-state index contributed by atoms with van der Waals surface area (Å²) >= 11 is 0. The van der Waals surface area contributed by atoms with Gasteiger partial charge < -0.3 is 14.7 Å². The molecule has 1 saturated heterocycles. The van der Waals surface area contributed by atoms with E-state index in [-0.39, 0.29) is 22.8 Å². The number of nitrogens with zero attached hydrogens (tertiary/aromatic N) is 3. The van der Waals surface area contributed by atoms with E-state index in [4.69, 9.17) is 4.74 Å². The summed E-state index contributed by atoms with van der Waals surface area (Å²) in [6.07, 6.45) is 0. The van der Waals surface area contributed by atoms with Crippen LogP contribution in [0.15, 0.2) is 27.8 Å². The topological polar surface area (TPSA) is 121 Å². The van der Waals surface area contributed by atoms with E-state index in [2.05, 4.69) is 10.3 Å². The molecule has 1 aromatic heterocycles. The van der Waals surface area contributed by atoms with Gasteiger partial charge in [-0.2, -0.15) is 4.68 Å². The van der Waals surface area contributed by atoms with Crippen molar-refractivity contribution in [2.24, 2.45) is 0 Å². The molecule has 0 unspecified atom stereocenters. The highest BCUT2D eigenvalue weighted by Crippen LogP contribution is 2.28. The number of aromatic carboxylic acids is 1. The van der Waals surface area contributed by atoms with E-state index in [1.165, 1.54) is 24.0 Å². The van der Waals surface area contributed by atoms with Gasteiger partial charge >= 0.3 is 17.1 Å². The Balaban J connectivity index is 1.87. The Labute approximate surface area is 154 Å². The fourth-order valence-electron chi connectivity index (χ4n) is 2.95. The van der Waals surface area contributed by atoms with Gasteiger partial charge in [0, 0.05) is 33.1 Å². The lowest BCUT2D eigenvalue weighted by Crippen LogP contribution is -2.43. The third-order valence-electron chi connectivity index (χ3n) is 4.44. The zero-order valence-electron chi connectivity index (χ0n) is 14.8. The fraction of sp³-hybridized carbons (Fsp3) is 0.412. The van der Waals surface area contributed by atoms with Crippen LogP contribution in [0.25, 0.3) is 0 Å². The number of nitrogens with one attached hydrogen (secondary N) is 1. The summed E-state index contributed by atoms with van der Waals surface area (Å²) in [5.74, 6) is -1.57. The number of hydrogen-bond acceptors (Lipinski definition) is 7. The van der Waals surface area contributed by atoms with Crippen molar-refractivity contribution in [2.75, 3.05) is 49.7 Å². The Kier molecular flexibility index (Phi) is 5.38. The van der Waals surface area contributed by atoms with E-state index >= 15 is 0 Å². The second kappa shape index (κ2) is 7.72. The molecule has 0 aliphatic carbocycles. The van der Waals surface area contributed by atoms with Gasteiger partial charge in [-0.1, -0.05) is 6.07 Å². The van der Waals surface area contributed by atoms with Crippen molar-refractivity contribution in [2.45, 2.75) is 6.92 Å². The van der Waals surface area contributed by atoms with Gasteiger partial charge in [0.15, 0.2) is 0 Å². The van der Waals surface area contributed by atoms with Crippen LogP contribution < -0.4 is 21.4 Å². The van der Waals surface area contributed by atoms with Crippen molar-refractivity contribution in [1.82, 2.24) is 9.58 Å². The largest absolute Gasteiger partial charge is 0.478 e. The minimum absolute atomic E-state index is 0.0665. The van der Waals surface area contributed by atoms with Crippen LogP contribution in [0.2, 0.25) is 0 Å². The molecule has 1 aromatic carbocycles. The highest BCUT2D eigenvalue weighted by molar-refractivity contribution is 6.05. The number of carboxylic acid groups (broad SMARTS) is 1. The van der Waals surface area contributed by atoms with Crippen LogP contribution in [-0.2, 0) is 9.53 Å². The Hall–Kier alpha value is -2.98. The van der Waals surface area contributed by atoms with Crippen LogP contribution in [0.4, 0.5) is 11.4 Å². The van der Waals surface area contributed by atoms with Gasteiger partial charge in [-0.3, -0.25) is 24.7 Å². The lowest BCUT2D eigenvalue weighted by atomic mass is 10.1. The predicted octanol–water partition coefficient (Wildman–Crippen LogP) is -0.657. The van der Waals surface area contributed by atoms with Crippen molar-refractivity contribution in [3.8, 4) is 0 Å². The number of carbonyl (C=O) groups excluding carboxylic acids is 1. The minimum atomic E-state index is -1.27. The van der Waals surface area contributed by atoms with E-state index in [0.29, 0.717) is 26.3 Å². The summed E-state index contributed by atoms with van der Waals surface area (Å²) in [5, 5.41) is 9.67. The number of carbonyl (C=O) groups is 2. The summed E-state index contributed by atoms with van der Waals surface area (Å²) in [5.41, 5.74) is 1.10. The quantitative estimate of drug-likeness (QED) is 0.611. The number of aromatic nitrogens is 1. The Morgan fingerprint density at radius 1 is 1.22 bits per heavy atom. The molecule has 27 heavy (non-hydrogen) atoms. The van der Waals surface area contributed by atoms with Crippen LogP contribution in [0, 0.1) is 0 Å². The maximum atomic E-state index is 12.2. The van der Waals surface area contributed by atoms with Crippen molar-refractivity contribution in [1.29, 1.82) is 0 Å². The average molecular weight is 376 g/mol. The first-order valence-electron chi connectivity index (χ1n) is 8.49. The monoisotopic (exact) mass is 376 g/mol. The first-order chi connectivity index (χ1) is 12.9. The Morgan fingerprint density at radius 2 is 1.89 bits per heavy atom. The highest BCUT2D eigenvalue weighted by atomic mass is 16.5. The van der Waals surface area contributed by atoms with Gasteiger partial charge in [0.1, 0.15) is 5.56 Å². The molecule has 1 fully saturated rings. The molecule has 144 valence electrons. The standard InChI is InChI=1S/C17H20N4O6/c1-11(22)20(6-5-19-7-9-27-10-8-19)13-4-2-3-12(14(13)17(25)26)18-21-15(23)16(21)24/h2-4,18H,5-10H2,1H3,(H,25,26). The summed E-state index contributed by atoms with van der Waals surface area (Å²) in [6, 6.07) is 4.53. The minimum Gasteiger partial charge on any atom is -0.478 e. The van der Waals surface area contributed by atoms with Crippen molar-refractivity contribution in [3.05, 3.63) is 44.5 Å². The molecular formula is C17H20N4O6. The van der Waals surface area contributed by atoms with Gasteiger partial charge in [0.25, 0.3) is 0 Å². The number of benzene rings is 1. The SMILES string of the molecule is CC(=O)N(CCN1CCOCC1)c1cccc(Nn2c(=O)c2=O)c1C(=O)O. The molecule has 1 aliphatic rings. The predicted molar refractivity (Wildman–Crippen MR) is 97.1 cm³/mol. The zero-order chi connectivity index (χ0) is 19.6. The van der Waals surface area contributed by atoms with Gasteiger partial charge in [0.05, 0.1) is 24.6 Å². The lowest BCUT2D eigenvalue weighted by Gasteiger charge is -2.30. The zero-order valence-corrected chi connectivity index (χ0v) is 14.8. The van der Waals surface area contributed by atoms with E-state index in [1.54, 1.807) is 6.07 Å². The maximum absolute atomic E-state index is 12.2. The number of amides is 1. The van der Waals surface area contributed by atoms with E-state index in [0.717, 1.165) is 17.8 Å². The molecule has 0 spiro atoms. The van der Waals surface area contributed by atoms with Crippen LogP contribution in [0.3, 0.4) is 0 Å². The summed E-state index contributed by atoms with van der Waals surface area (Å²) in [6.45, 7) is 4.98. The molecule has 2 aromatic rings. The summed E-state index contributed by atoms with van der Waals surface area (Å²) in [4.78, 5) is 49.9. The van der Waals surface area contributed by atoms with E-state index in [9.17, 15) is 24.3 Å². The van der Waals surface area contributed by atoms with Crippen LogP contribution in [0.1, 0.15) is 17.3 Å². The average Bonchev–Trinajstić information content (AvgIpc) is 3.20. The normalized spacial score (nSPS) is 15.0. The third-order valence-corrected chi connectivity index (χ3v) is 4.44. The second-order valence-electron chi connectivity index (χ2n) is 6.19. The first kappa shape index (κ1) is 18.8. The fourth-order valence-corrected chi connectivity index (χ4v) is 2.95. The van der Waals surface area contributed by atoms with Crippen LogP contribution >= 0.6 is 0 Å². The molecule has 0 radical (unpaired) electrons. The van der Waals surface area contributed by atoms with E-state index in [1.807, 2.05) is 0 Å². The third kappa shape index (κ3) is 4.07. The van der Waals surface area contributed by atoms with Crippen molar-refractivity contribution in [3.63, 3.8) is 0 Å². The van der Waals surface area contributed by atoms with E-state index < -0.39 is 17.1 Å². The molecule has 0 saturated carbocycles. The summed E-state index contributed by atoms with van der Waals surface area (Å²) in [7, 11) is 0. The molecular weight excluding hydrogens is 356 g/mol. The van der Waals surface area contributed by atoms with Crippen LogP contribution in [0.5, 0.6) is 0 Å². The summed E-state index contributed by atoms with van der Waals surface area (Å²) < 4.78 is 6.02. The Bertz CT molecular complexity index is 898. The number of carboxylic acids is 1. The van der Waals surface area contributed by atoms with Gasteiger partial charge in [0.2, 0.25) is 5.91 Å². The van der Waals surface area contributed by atoms with Crippen molar-refractivity contribution >= 4 is 23.3 Å². The molecule has 0 bridgehead atoms. The molecule has 1 aliphatic heterocycles. The first-order valence-corrected chi connectivity index (χ1v) is 8.49. The smallest absolute Gasteiger partial charge is 0.340 e. The molecule has 0 atom stereocenters. The number of anilines is 2. The molecule has 1 amide bonds. The molecule has 3 rings (SSSR count). The lowest BCUT2D eigenvalue weighted by molar-refractivity contribution is -0.116. The number of hydrogen-bond donors (Lipinski definition) is 2. The number of morpholine rings is 1. The van der Waals surface area contributed by atoms with Gasteiger partial charge in [-0.05, 0) is 12.1 Å². The molecule has 10 nitrogen and oxygen atoms in total. The molecule has 2 heterocycles. The van der Waals surface area contributed by atoms with Gasteiger partial charge in [-0.25, -0.2) is 4.79 Å². The Morgan fingerprint density at radius 3 is 2.44 bits per heavy atom. The van der Waals surface area contributed by atoms with Gasteiger partial charge in [-0.15, -0.1) is 0 Å². The highest BCUT2D eigenvalue weighted by Gasteiger charge is 2.25.